The molecule has 4 heteroatoms. The molecule has 1 atom stereocenters. The first kappa shape index (κ1) is 14.3. The molecule has 1 unspecified atom stereocenters. The number of hydrogen-bond donors (Lipinski definition) is 1. The topological polar surface area (TPSA) is 47.0 Å². The van der Waals surface area contributed by atoms with Gasteiger partial charge in [0.05, 0.1) is 0 Å². The van der Waals surface area contributed by atoms with E-state index in [1.54, 1.807) is 0 Å². The van der Waals surface area contributed by atoms with E-state index in [1.165, 1.54) is 5.56 Å². The molecular weight excluding hydrogens is 238 g/mol. The third-order valence-electron chi connectivity index (χ3n) is 3.75. The Morgan fingerprint density at radius 1 is 1.37 bits per heavy atom. The van der Waals surface area contributed by atoms with Crippen molar-refractivity contribution in [3.8, 4) is 0 Å². The number of rotatable bonds is 4. The normalized spacial score (nSPS) is 23.1. The van der Waals surface area contributed by atoms with Crippen LogP contribution in [0.3, 0.4) is 0 Å². The lowest BCUT2D eigenvalue weighted by Gasteiger charge is -2.24. The Balaban J connectivity index is 2.47. The van der Waals surface area contributed by atoms with Crippen molar-refractivity contribution in [2.75, 3.05) is 18.5 Å². The Bertz CT molecular complexity index is 451. The van der Waals surface area contributed by atoms with E-state index in [2.05, 4.69) is 39.9 Å². The van der Waals surface area contributed by atoms with Crippen LogP contribution in [0.25, 0.3) is 0 Å². The lowest BCUT2D eigenvalue weighted by molar-refractivity contribution is 0.00926. The molecule has 19 heavy (non-hydrogen) atoms. The SMILES string of the molecule is CCNc1nc(C2(C)CCCO2)nc(C)c1C(C)C. The highest BCUT2D eigenvalue weighted by Gasteiger charge is 2.35. The maximum atomic E-state index is 5.86. The monoisotopic (exact) mass is 263 g/mol. The number of nitrogens with zero attached hydrogens (tertiary/aromatic N) is 2. The summed E-state index contributed by atoms with van der Waals surface area (Å²) in [4.78, 5) is 9.47. The molecule has 1 N–H and O–H groups in total. The molecule has 0 aliphatic carbocycles. The maximum Gasteiger partial charge on any atom is 0.162 e. The highest BCUT2D eigenvalue weighted by Crippen LogP contribution is 2.35. The Hall–Kier alpha value is -1.16. The van der Waals surface area contributed by atoms with E-state index in [0.717, 1.165) is 43.3 Å². The van der Waals surface area contributed by atoms with Gasteiger partial charge in [0.1, 0.15) is 11.4 Å². The second-order valence-electron chi connectivity index (χ2n) is 5.76. The lowest BCUT2D eigenvalue weighted by Crippen LogP contribution is -2.25. The molecule has 0 spiro atoms. The van der Waals surface area contributed by atoms with Gasteiger partial charge < -0.3 is 10.1 Å². The predicted molar refractivity (Wildman–Crippen MR) is 77.6 cm³/mol. The van der Waals surface area contributed by atoms with Gasteiger partial charge in [0.25, 0.3) is 0 Å². The minimum atomic E-state index is -0.315. The van der Waals surface area contributed by atoms with Gasteiger partial charge in [-0.2, -0.15) is 0 Å². The minimum absolute atomic E-state index is 0.315. The van der Waals surface area contributed by atoms with Crippen LogP contribution in [-0.2, 0) is 10.3 Å². The first-order chi connectivity index (χ1) is 8.98. The molecule has 1 aromatic rings. The molecule has 1 saturated heterocycles. The zero-order chi connectivity index (χ0) is 14.0. The van der Waals surface area contributed by atoms with Crippen LogP contribution in [-0.4, -0.2) is 23.1 Å². The fourth-order valence-corrected chi connectivity index (χ4v) is 2.77. The van der Waals surface area contributed by atoms with Gasteiger partial charge in [0.15, 0.2) is 5.82 Å². The van der Waals surface area contributed by atoms with E-state index in [4.69, 9.17) is 14.7 Å². The van der Waals surface area contributed by atoms with Crippen LogP contribution in [0.5, 0.6) is 0 Å². The Morgan fingerprint density at radius 2 is 2.11 bits per heavy atom. The molecular formula is C15H25N3O. The molecule has 2 rings (SSSR count). The van der Waals surface area contributed by atoms with Crippen LogP contribution in [0.4, 0.5) is 5.82 Å². The van der Waals surface area contributed by atoms with E-state index >= 15 is 0 Å². The zero-order valence-electron chi connectivity index (χ0n) is 12.7. The van der Waals surface area contributed by atoms with Gasteiger partial charge in [0, 0.05) is 24.4 Å². The quantitative estimate of drug-likeness (QED) is 0.904. The zero-order valence-corrected chi connectivity index (χ0v) is 12.7. The number of ether oxygens (including phenoxy) is 1. The van der Waals surface area contributed by atoms with Crippen molar-refractivity contribution < 1.29 is 4.74 Å². The van der Waals surface area contributed by atoms with Crippen molar-refractivity contribution >= 4 is 5.82 Å². The minimum Gasteiger partial charge on any atom is -0.370 e. The van der Waals surface area contributed by atoms with Gasteiger partial charge in [0.2, 0.25) is 0 Å². The number of aromatic nitrogens is 2. The number of aryl methyl sites for hydroxylation is 1. The molecule has 0 aromatic carbocycles. The third kappa shape index (κ3) is 2.73. The van der Waals surface area contributed by atoms with Crippen molar-refractivity contribution in [1.82, 2.24) is 9.97 Å². The van der Waals surface area contributed by atoms with Crippen molar-refractivity contribution in [3.63, 3.8) is 0 Å². The fourth-order valence-electron chi connectivity index (χ4n) is 2.77. The second kappa shape index (κ2) is 5.45. The highest BCUT2D eigenvalue weighted by atomic mass is 16.5. The first-order valence-corrected chi connectivity index (χ1v) is 7.24. The van der Waals surface area contributed by atoms with Crippen molar-refractivity contribution in [2.45, 2.75) is 59.0 Å². The molecule has 0 saturated carbocycles. The van der Waals surface area contributed by atoms with Crippen LogP contribution in [0, 0.1) is 6.92 Å². The van der Waals surface area contributed by atoms with Gasteiger partial charge in [-0.3, -0.25) is 0 Å². The average molecular weight is 263 g/mol. The third-order valence-corrected chi connectivity index (χ3v) is 3.75. The summed E-state index contributed by atoms with van der Waals surface area (Å²) < 4.78 is 5.86. The first-order valence-electron chi connectivity index (χ1n) is 7.24. The van der Waals surface area contributed by atoms with Gasteiger partial charge in [-0.25, -0.2) is 9.97 Å². The van der Waals surface area contributed by atoms with Crippen molar-refractivity contribution in [2.24, 2.45) is 0 Å². The summed E-state index contributed by atoms with van der Waals surface area (Å²) >= 11 is 0. The van der Waals surface area contributed by atoms with Crippen molar-refractivity contribution in [3.05, 3.63) is 17.1 Å². The molecule has 1 aliphatic heterocycles. The van der Waals surface area contributed by atoms with Gasteiger partial charge >= 0.3 is 0 Å². The van der Waals surface area contributed by atoms with E-state index < -0.39 is 0 Å². The number of hydrogen-bond acceptors (Lipinski definition) is 4. The summed E-state index contributed by atoms with van der Waals surface area (Å²) in [6.07, 6.45) is 2.08. The molecule has 0 bridgehead atoms. The summed E-state index contributed by atoms with van der Waals surface area (Å²) in [5, 5.41) is 3.37. The summed E-state index contributed by atoms with van der Waals surface area (Å²) in [5.74, 6) is 2.21. The highest BCUT2D eigenvalue weighted by molar-refractivity contribution is 5.48. The summed E-state index contributed by atoms with van der Waals surface area (Å²) in [7, 11) is 0. The Morgan fingerprint density at radius 3 is 2.63 bits per heavy atom. The Labute approximate surface area is 116 Å². The molecule has 0 amide bonds. The smallest absolute Gasteiger partial charge is 0.162 e. The van der Waals surface area contributed by atoms with Crippen LogP contribution in [0.2, 0.25) is 0 Å². The molecule has 1 aliphatic rings. The van der Waals surface area contributed by atoms with E-state index in [9.17, 15) is 0 Å². The van der Waals surface area contributed by atoms with Crippen LogP contribution in [0.1, 0.15) is 63.5 Å². The summed E-state index contributed by atoms with van der Waals surface area (Å²) in [5.41, 5.74) is 1.96. The van der Waals surface area contributed by atoms with Gasteiger partial charge in [-0.15, -0.1) is 0 Å². The molecule has 4 nitrogen and oxygen atoms in total. The molecule has 1 aromatic heterocycles. The molecule has 0 radical (unpaired) electrons. The predicted octanol–water partition coefficient (Wildman–Crippen LogP) is 3.37. The largest absolute Gasteiger partial charge is 0.370 e. The molecule has 2 heterocycles. The van der Waals surface area contributed by atoms with Crippen LogP contribution in [0.15, 0.2) is 0 Å². The number of nitrogens with one attached hydrogen (secondary N) is 1. The standard InChI is InChI=1S/C15H25N3O/c1-6-16-13-12(10(2)3)11(4)17-14(18-13)15(5)8-7-9-19-15/h10H,6-9H2,1-5H3,(H,16,17,18). The van der Waals surface area contributed by atoms with E-state index in [0.29, 0.717) is 5.92 Å². The van der Waals surface area contributed by atoms with Crippen LogP contribution >= 0.6 is 0 Å². The fraction of sp³-hybridized carbons (Fsp3) is 0.733. The average Bonchev–Trinajstić information content (AvgIpc) is 2.76. The molecule has 106 valence electrons. The molecule has 1 fully saturated rings. The lowest BCUT2D eigenvalue weighted by atomic mass is 9.98. The van der Waals surface area contributed by atoms with Gasteiger partial charge in [-0.1, -0.05) is 13.8 Å². The number of anilines is 1. The van der Waals surface area contributed by atoms with Gasteiger partial charge in [-0.05, 0) is 39.5 Å². The van der Waals surface area contributed by atoms with Crippen molar-refractivity contribution in [1.29, 1.82) is 0 Å². The van der Waals surface area contributed by atoms with E-state index in [-0.39, 0.29) is 5.60 Å². The summed E-state index contributed by atoms with van der Waals surface area (Å²) in [6, 6.07) is 0. The maximum absolute atomic E-state index is 5.86. The summed E-state index contributed by atoms with van der Waals surface area (Å²) in [6.45, 7) is 12.3. The Kier molecular flexibility index (Phi) is 4.09. The van der Waals surface area contributed by atoms with E-state index in [1.807, 2.05) is 0 Å². The second-order valence-corrected chi connectivity index (χ2v) is 5.76. The van der Waals surface area contributed by atoms with Crippen LogP contribution < -0.4 is 5.32 Å².